The van der Waals surface area contributed by atoms with Crippen LogP contribution < -0.4 is 15.7 Å². The van der Waals surface area contributed by atoms with Crippen molar-refractivity contribution < 1.29 is 14.8 Å². The van der Waals surface area contributed by atoms with Crippen LogP contribution in [-0.2, 0) is 4.79 Å². The zero-order valence-electron chi connectivity index (χ0n) is 16.9. The van der Waals surface area contributed by atoms with Crippen molar-refractivity contribution in [3.8, 4) is 0 Å². The molecule has 1 aliphatic rings. The molecule has 30 heavy (non-hydrogen) atoms. The first kappa shape index (κ1) is 21.4. The maximum absolute atomic E-state index is 11.6. The number of piperazine rings is 1. The van der Waals surface area contributed by atoms with Crippen molar-refractivity contribution in [2.75, 3.05) is 37.6 Å². The Morgan fingerprint density at radius 3 is 2.40 bits per heavy atom. The molecule has 0 spiro atoms. The molecule has 9 nitrogen and oxygen atoms in total. The smallest absolute Gasteiger partial charge is 0.277 e. The van der Waals surface area contributed by atoms with Crippen LogP contribution in [0.25, 0.3) is 6.08 Å². The van der Waals surface area contributed by atoms with E-state index in [1.165, 1.54) is 19.3 Å². The number of benzene rings is 1. The number of amides is 2. The van der Waals surface area contributed by atoms with Crippen molar-refractivity contribution in [3.05, 3.63) is 59.9 Å². The summed E-state index contributed by atoms with van der Waals surface area (Å²) in [5.74, 6) is -0.151. The molecule has 1 saturated heterocycles. The molecule has 1 fully saturated rings. The van der Waals surface area contributed by atoms with Crippen molar-refractivity contribution in [2.45, 2.75) is 13.0 Å². The molecule has 0 saturated carbocycles. The standard InChI is InChI=1S/C21H26N6O3/c1-16(28)24-19(8-7-17-5-3-2-4-6-17)15-26-9-11-27(12-10-26)21-22-13-18(14-23-21)20(29)25-30/h2-8,13-14,19,30H,9-12,15H2,1H3,(H,24,28)(H,25,29)/b8-7+. The van der Waals surface area contributed by atoms with E-state index in [0.717, 1.165) is 31.7 Å². The van der Waals surface area contributed by atoms with Gasteiger partial charge in [0.15, 0.2) is 0 Å². The van der Waals surface area contributed by atoms with Gasteiger partial charge in [0, 0.05) is 52.0 Å². The van der Waals surface area contributed by atoms with Crippen LogP contribution in [0.5, 0.6) is 0 Å². The minimum absolute atomic E-state index is 0.0586. The number of hydroxylamine groups is 1. The number of carbonyl (C=O) groups is 2. The number of nitrogens with zero attached hydrogens (tertiary/aromatic N) is 4. The summed E-state index contributed by atoms with van der Waals surface area (Å²) >= 11 is 0. The van der Waals surface area contributed by atoms with Crippen LogP contribution in [0.3, 0.4) is 0 Å². The molecule has 3 rings (SSSR count). The Bertz CT molecular complexity index is 864. The van der Waals surface area contributed by atoms with Crippen molar-refractivity contribution >= 4 is 23.8 Å². The molecule has 2 aromatic rings. The fourth-order valence-electron chi connectivity index (χ4n) is 3.28. The minimum atomic E-state index is -0.640. The van der Waals surface area contributed by atoms with Gasteiger partial charge in [-0.15, -0.1) is 0 Å². The highest BCUT2D eigenvalue weighted by Crippen LogP contribution is 2.12. The molecule has 0 aliphatic carbocycles. The van der Waals surface area contributed by atoms with Crippen molar-refractivity contribution in [1.82, 2.24) is 25.7 Å². The summed E-state index contributed by atoms with van der Waals surface area (Å²) in [6.45, 7) is 5.32. The molecule has 158 valence electrons. The summed E-state index contributed by atoms with van der Waals surface area (Å²) in [6.07, 6.45) is 6.83. The Balaban J connectivity index is 1.55. The summed E-state index contributed by atoms with van der Waals surface area (Å²) in [4.78, 5) is 35.7. The number of hydrogen-bond acceptors (Lipinski definition) is 7. The Kier molecular flexibility index (Phi) is 7.47. The lowest BCUT2D eigenvalue weighted by atomic mass is 10.1. The van der Waals surface area contributed by atoms with E-state index in [-0.39, 0.29) is 17.5 Å². The van der Waals surface area contributed by atoms with Gasteiger partial charge in [0.05, 0.1) is 11.6 Å². The summed E-state index contributed by atoms with van der Waals surface area (Å²) in [5.41, 5.74) is 2.85. The highest BCUT2D eigenvalue weighted by molar-refractivity contribution is 5.92. The van der Waals surface area contributed by atoms with Gasteiger partial charge in [0.25, 0.3) is 5.91 Å². The predicted octanol–water partition coefficient (Wildman–Crippen LogP) is 0.936. The van der Waals surface area contributed by atoms with Gasteiger partial charge in [0.1, 0.15) is 0 Å². The van der Waals surface area contributed by atoms with Gasteiger partial charge in [-0.3, -0.25) is 19.7 Å². The number of aromatic nitrogens is 2. The molecule has 2 amide bonds. The number of nitrogens with one attached hydrogen (secondary N) is 2. The first-order valence-electron chi connectivity index (χ1n) is 9.79. The quantitative estimate of drug-likeness (QED) is 0.460. The lowest BCUT2D eigenvalue weighted by molar-refractivity contribution is -0.119. The monoisotopic (exact) mass is 410 g/mol. The Morgan fingerprint density at radius 1 is 1.13 bits per heavy atom. The maximum Gasteiger partial charge on any atom is 0.277 e. The molecule has 1 unspecified atom stereocenters. The molecule has 0 radical (unpaired) electrons. The number of anilines is 1. The lowest BCUT2D eigenvalue weighted by Crippen LogP contribution is -2.51. The Hall–Kier alpha value is -3.30. The third-order valence-electron chi connectivity index (χ3n) is 4.82. The Morgan fingerprint density at radius 2 is 1.80 bits per heavy atom. The average Bonchev–Trinajstić information content (AvgIpc) is 2.78. The second-order valence-electron chi connectivity index (χ2n) is 7.08. The van der Waals surface area contributed by atoms with Crippen LogP contribution in [0.1, 0.15) is 22.8 Å². The summed E-state index contributed by atoms with van der Waals surface area (Å²) in [7, 11) is 0. The van der Waals surface area contributed by atoms with Crippen molar-refractivity contribution in [3.63, 3.8) is 0 Å². The van der Waals surface area contributed by atoms with E-state index in [2.05, 4.69) is 20.2 Å². The normalized spacial score (nSPS) is 15.7. The van der Waals surface area contributed by atoms with E-state index >= 15 is 0 Å². The average molecular weight is 410 g/mol. The minimum Gasteiger partial charge on any atom is -0.349 e. The first-order valence-corrected chi connectivity index (χ1v) is 9.79. The fraction of sp³-hybridized carbons (Fsp3) is 0.333. The van der Waals surface area contributed by atoms with Crippen LogP contribution in [-0.4, -0.2) is 70.7 Å². The summed E-state index contributed by atoms with van der Waals surface area (Å²) in [6, 6.07) is 9.90. The molecule has 1 aliphatic heterocycles. The van der Waals surface area contributed by atoms with Crippen molar-refractivity contribution in [1.29, 1.82) is 0 Å². The summed E-state index contributed by atoms with van der Waals surface area (Å²) < 4.78 is 0. The number of carbonyl (C=O) groups excluding carboxylic acids is 2. The molecular weight excluding hydrogens is 384 g/mol. The van der Waals surface area contributed by atoms with Crippen molar-refractivity contribution in [2.24, 2.45) is 0 Å². The van der Waals surface area contributed by atoms with E-state index in [0.29, 0.717) is 12.5 Å². The van der Waals surface area contributed by atoms with Gasteiger partial charge in [-0.2, -0.15) is 0 Å². The zero-order valence-corrected chi connectivity index (χ0v) is 16.9. The van der Waals surface area contributed by atoms with Gasteiger partial charge in [-0.05, 0) is 5.56 Å². The predicted molar refractivity (Wildman–Crippen MR) is 113 cm³/mol. The molecular formula is C21H26N6O3. The van der Waals surface area contributed by atoms with E-state index in [1.807, 2.05) is 47.4 Å². The summed E-state index contributed by atoms with van der Waals surface area (Å²) in [5, 5.41) is 11.7. The second-order valence-corrected chi connectivity index (χ2v) is 7.08. The van der Waals surface area contributed by atoms with Gasteiger partial charge < -0.3 is 10.2 Å². The van der Waals surface area contributed by atoms with E-state index in [9.17, 15) is 9.59 Å². The SMILES string of the molecule is CC(=O)NC(/C=C/c1ccccc1)CN1CCN(c2ncc(C(=O)NO)cn2)CC1. The first-order chi connectivity index (χ1) is 14.5. The number of hydrogen-bond donors (Lipinski definition) is 3. The van der Waals surface area contributed by atoms with Gasteiger partial charge in [-0.25, -0.2) is 15.4 Å². The fourth-order valence-corrected chi connectivity index (χ4v) is 3.28. The third kappa shape index (κ3) is 6.10. The molecule has 9 heteroatoms. The van der Waals surface area contributed by atoms with Gasteiger partial charge in [0.2, 0.25) is 11.9 Å². The molecule has 2 heterocycles. The molecule has 0 bridgehead atoms. The maximum atomic E-state index is 11.6. The lowest BCUT2D eigenvalue weighted by Gasteiger charge is -2.36. The number of rotatable bonds is 7. The topological polar surface area (TPSA) is 111 Å². The highest BCUT2D eigenvalue weighted by atomic mass is 16.5. The highest BCUT2D eigenvalue weighted by Gasteiger charge is 2.21. The zero-order chi connectivity index (χ0) is 21.3. The molecule has 1 aromatic heterocycles. The molecule has 3 N–H and O–H groups in total. The van der Waals surface area contributed by atoms with E-state index in [4.69, 9.17) is 5.21 Å². The van der Waals surface area contributed by atoms with Crippen LogP contribution in [0.2, 0.25) is 0 Å². The molecule has 1 atom stereocenters. The van der Waals surface area contributed by atoms with Gasteiger partial charge >= 0.3 is 0 Å². The third-order valence-corrected chi connectivity index (χ3v) is 4.82. The molecule has 1 aromatic carbocycles. The van der Waals surface area contributed by atoms with Crippen LogP contribution in [0, 0.1) is 0 Å². The van der Waals surface area contributed by atoms with E-state index in [1.54, 1.807) is 5.48 Å². The largest absolute Gasteiger partial charge is 0.349 e. The Labute approximate surface area is 175 Å². The van der Waals surface area contributed by atoms with Crippen LogP contribution in [0.15, 0.2) is 48.8 Å². The van der Waals surface area contributed by atoms with Gasteiger partial charge in [-0.1, -0.05) is 42.5 Å². The van der Waals surface area contributed by atoms with E-state index < -0.39 is 5.91 Å². The van der Waals surface area contributed by atoms with Crippen LogP contribution >= 0.6 is 0 Å². The second kappa shape index (κ2) is 10.5. The van der Waals surface area contributed by atoms with Crippen LogP contribution in [0.4, 0.5) is 5.95 Å².